The number of aryl methyl sites for hydroxylation is 1. The number of ether oxygens (including phenoxy) is 1. The average Bonchev–Trinajstić information content (AvgIpc) is 3.56. The Kier molecular flexibility index (Phi) is 7.03. The summed E-state index contributed by atoms with van der Waals surface area (Å²) in [5, 5.41) is 4.79. The maximum atomic E-state index is 12.7. The zero-order valence-electron chi connectivity index (χ0n) is 20.0. The van der Waals surface area contributed by atoms with Crippen LogP contribution in [0.15, 0.2) is 29.6 Å². The Balaban J connectivity index is 1.20. The number of anilines is 2. The zero-order chi connectivity index (χ0) is 25.3. The van der Waals surface area contributed by atoms with Crippen LogP contribution in [0.4, 0.5) is 24.8 Å². The molecular weight excluding hydrogens is 491 g/mol. The third-order valence-electron chi connectivity index (χ3n) is 6.79. The zero-order valence-corrected chi connectivity index (χ0v) is 20.8. The number of nitrogens with one attached hydrogen (secondary N) is 1. The van der Waals surface area contributed by atoms with E-state index in [1.165, 1.54) is 31.3 Å². The van der Waals surface area contributed by atoms with Crippen molar-refractivity contribution in [3.63, 3.8) is 0 Å². The summed E-state index contributed by atoms with van der Waals surface area (Å²) in [6, 6.07) is 6.95. The van der Waals surface area contributed by atoms with E-state index in [1.807, 2.05) is 13.0 Å². The first kappa shape index (κ1) is 24.8. The second-order valence-corrected chi connectivity index (χ2v) is 10.2. The Morgan fingerprint density at radius 1 is 1.14 bits per heavy atom. The third kappa shape index (κ3) is 5.57. The lowest BCUT2D eigenvalue weighted by atomic mass is 10.0. The highest BCUT2D eigenvalue weighted by Gasteiger charge is 2.33. The van der Waals surface area contributed by atoms with Gasteiger partial charge in [-0.05, 0) is 63.9 Å². The van der Waals surface area contributed by atoms with Crippen LogP contribution in [0.3, 0.4) is 0 Å². The number of benzene rings is 1. The van der Waals surface area contributed by atoms with Gasteiger partial charge >= 0.3 is 6.18 Å². The first-order valence-corrected chi connectivity index (χ1v) is 13.0. The second-order valence-electron chi connectivity index (χ2n) is 9.28. The molecule has 4 heterocycles. The van der Waals surface area contributed by atoms with Crippen molar-refractivity contribution in [1.82, 2.24) is 14.9 Å². The van der Waals surface area contributed by atoms with E-state index in [4.69, 9.17) is 14.7 Å². The molecule has 0 saturated carbocycles. The number of hydrogen-bond donors (Lipinski definition) is 1. The molecule has 1 amide bonds. The molecule has 7 nitrogen and oxygen atoms in total. The van der Waals surface area contributed by atoms with Gasteiger partial charge in [0.2, 0.25) is 5.95 Å². The number of rotatable bonds is 6. The van der Waals surface area contributed by atoms with Gasteiger partial charge in [0.05, 0.1) is 11.2 Å². The number of aromatic nitrogens is 2. The lowest BCUT2D eigenvalue weighted by Crippen LogP contribution is -2.44. The van der Waals surface area contributed by atoms with Crippen LogP contribution >= 0.6 is 11.3 Å². The molecule has 0 spiro atoms. The van der Waals surface area contributed by atoms with Crippen LogP contribution in [0.1, 0.15) is 36.3 Å². The minimum Gasteiger partial charge on any atom is -0.483 e. The van der Waals surface area contributed by atoms with Gasteiger partial charge in [-0.3, -0.25) is 4.79 Å². The van der Waals surface area contributed by atoms with Crippen molar-refractivity contribution in [3.8, 4) is 5.75 Å². The van der Waals surface area contributed by atoms with Crippen molar-refractivity contribution in [2.24, 2.45) is 0 Å². The molecule has 0 unspecified atom stereocenters. The van der Waals surface area contributed by atoms with Crippen molar-refractivity contribution in [3.05, 3.63) is 40.2 Å². The molecule has 36 heavy (non-hydrogen) atoms. The molecule has 2 fully saturated rings. The molecule has 192 valence electrons. The van der Waals surface area contributed by atoms with E-state index in [2.05, 4.69) is 15.1 Å². The van der Waals surface area contributed by atoms with Gasteiger partial charge in [-0.1, -0.05) is 0 Å². The lowest BCUT2D eigenvalue weighted by molar-refractivity contribution is -0.134. The van der Waals surface area contributed by atoms with Crippen molar-refractivity contribution in [2.45, 2.75) is 44.8 Å². The first-order chi connectivity index (χ1) is 17.3. The summed E-state index contributed by atoms with van der Waals surface area (Å²) >= 11 is 0.531. The van der Waals surface area contributed by atoms with Crippen molar-refractivity contribution >= 4 is 39.8 Å². The van der Waals surface area contributed by atoms with Gasteiger partial charge in [-0.25, -0.2) is 9.97 Å². The molecule has 2 aliphatic heterocycles. The number of carbonyl (C=O) groups is 1. The number of alkyl halides is 3. The van der Waals surface area contributed by atoms with Crippen molar-refractivity contribution in [1.29, 1.82) is 0 Å². The van der Waals surface area contributed by atoms with Gasteiger partial charge < -0.3 is 19.9 Å². The van der Waals surface area contributed by atoms with Crippen LogP contribution in [0.5, 0.6) is 5.75 Å². The second kappa shape index (κ2) is 10.2. The molecule has 0 atom stereocenters. The molecule has 2 aromatic heterocycles. The molecule has 1 N–H and O–H groups in total. The highest BCUT2D eigenvalue weighted by molar-refractivity contribution is 7.10. The summed E-state index contributed by atoms with van der Waals surface area (Å²) in [7, 11) is 0. The van der Waals surface area contributed by atoms with Gasteiger partial charge in [0, 0.05) is 41.7 Å². The minimum atomic E-state index is -4.43. The fourth-order valence-corrected chi connectivity index (χ4v) is 5.61. The molecule has 3 aromatic rings. The van der Waals surface area contributed by atoms with Gasteiger partial charge in [-0.2, -0.15) is 13.2 Å². The average molecular weight is 520 g/mol. The third-order valence-corrected chi connectivity index (χ3v) is 7.74. The van der Waals surface area contributed by atoms with Crippen LogP contribution in [-0.4, -0.2) is 59.6 Å². The van der Waals surface area contributed by atoms with Gasteiger partial charge in [0.1, 0.15) is 10.6 Å². The molecule has 2 saturated heterocycles. The number of likely N-dealkylation sites (tertiary alicyclic amines) is 1. The minimum absolute atomic E-state index is 0.0159. The molecule has 1 aromatic carbocycles. The quantitative estimate of drug-likeness (QED) is 0.489. The Bertz CT molecular complexity index is 1230. The number of amides is 1. The molecule has 11 heteroatoms. The smallest absolute Gasteiger partial charge is 0.425 e. The van der Waals surface area contributed by atoms with Crippen molar-refractivity contribution in [2.75, 3.05) is 43.0 Å². The van der Waals surface area contributed by atoms with E-state index in [0.717, 1.165) is 54.5 Å². The number of fused-ring (bicyclic) bond motifs is 1. The number of nitrogens with zero attached hydrogens (tertiary/aromatic N) is 4. The SMILES string of the molecule is Cc1nc(N2CCC(N3CCCC3)CC2)nc2ccc(NC(=O)COc3csc(C(F)(F)F)c3)cc12. The number of carbonyl (C=O) groups excluding carboxylic acids is 1. The summed E-state index contributed by atoms with van der Waals surface area (Å²) in [4.78, 5) is 25.9. The molecular formula is C25H28F3N5O2S. The van der Waals surface area contributed by atoms with Crippen LogP contribution in [0, 0.1) is 6.92 Å². The Labute approximate surface area is 211 Å². The fraction of sp³-hybridized carbons (Fsp3) is 0.480. The Hall–Kier alpha value is -2.92. The first-order valence-electron chi connectivity index (χ1n) is 12.1. The van der Waals surface area contributed by atoms with Crippen molar-refractivity contribution < 1.29 is 22.7 Å². The number of hydrogen-bond acceptors (Lipinski definition) is 7. The fourth-order valence-electron chi connectivity index (χ4n) is 4.91. The van der Waals surface area contributed by atoms with E-state index in [1.54, 1.807) is 12.1 Å². The highest BCUT2D eigenvalue weighted by atomic mass is 32.1. The van der Waals surface area contributed by atoms with E-state index < -0.39 is 23.6 Å². The number of halogens is 3. The van der Waals surface area contributed by atoms with Crippen LogP contribution in [0.25, 0.3) is 10.9 Å². The van der Waals surface area contributed by atoms with Crippen LogP contribution in [0.2, 0.25) is 0 Å². The summed E-state index contributed by atoms with van der Waals surface area (Å²) in [5.41, 5.74) is 2.16. The predicted octanol–water partition coefficient (Wildman–Crippen LogP) is 5.10. The summed E-state index contributed by atoms with van der Waals surface area (Å²) in [6.45, 7) is 5.84. The molecule has 0 aliphatic carbocycles. The van der Waals surface area contributed by atoms with E-state index in [-0.39, 0.29) is 5.75 Å². The Morgan fingerprint density at radius 2 is 1.89 bits per heavy atom. The topological polar surface area (TPSA) is 70.6 Å². The molecule has 0 radical (unpaired) electrons. The Morgan fingerprint density at radius 3 is 2.58 bits per heavy atom. The van der Waals surface area contributed by atoms with Gasteiger partial charge in [-0.15, -0.1) is 11.3 Å². The predicted molar refractivity (Wildman–Crippen MR) is 134 cm³/mol. The van der Waals surface area contributed by atoms with E-state index >= 15 is 0 Å². The van der Waals surface area contributed by atoms with E-state index in [9.17, 15) is 18.0 Å². The van der Waals surface area contributed by atoms with Crippen LogP contribution in [-0.2, 0) is 11.0 Å². The van der Waals surface area contributed by atoms with Crippen LogP contribution < -0.4 is 15.0 Å². The molecule has 5 rings (SSSR count). The maximum absolute atomic E-state index is 12.7. The normalized spacial score (nSPS) is 17.6. The van der Waals surface area contributed by atoms with E-state index in [0.29, 0.717) is 23.1 Å². The number of piperidine rings is 1. The molecule has 2 aliphatic rings. The monoisotopic (exact) mass is 519 g/mol. The largest absolute Gasteiger partial charge is 0.483 e. The highest BCUT2D eigenvalue weighted by Crippen LogP contribution is 2.36. The van der Waals surface area contributed by atoms with Gasteiger partial charge in [0.25, 0.3) is 5.91 Å². The lowest BCUT2D eigenvalue weighted by Gasteiger charge is -2.36. The summed E-state index contributed by atoms with van der Waals surface area (Å²) in [6.07, 6.45) is 0.427. The van der Waals surface area contributed by atoms with Gasteiger partial charge in [0.15, 0.2) is 6.61 Å². The standard InChI is InChI=1S/C25H28F3N5O2S/c1-16-20-12-17(30-23(34)14-35-19-13-22(36-15-19)25(26,27)28)4-5-21(20)31-24(29-16)33-10-6-18(7-11-33)32-8-2-3-9-32/h4-5,12-13,15,18H,2-3,6-11,14H2,1H3,(H,30,34). The summed E-state index contributed by atoms with van der Waals surface area (Å²) < 4.78 is 43.4. The number of thiophene rings is 1. The molecule has 0 bridgehead atoms. The summed E-state index contributed by atoms with van der Waals surface area (Å²) in [5.74, 6) is 0.284. The maximum Gasteiger partial charge on any atom is 0.425 e.